The molecule has 2 nitrogen and oxygen atoms in total. The molecule has 2 heteroatoms. The van der Waals surface area contributed by atoms with E-state index in [4.69, 9.17) is 4.74 Å². The van der Waals surface area contributed by atoms with Gasteiger partial charge in [0.1, 0.15) is 12.4 Å². The molecule has 1 aliphatic rings. The summed E-state index contributed by atoms with van der Waals surface area (Å²) in [7, 11) is 0. The highest BCUT2D eigenvalue weighted by molar-refractivity contribution is 5.38. The summed E-state index contributed by atoms with van der Waals surface area (Å²) in [6.07, 6.45) is 3.70. The van der Waals surface area contributed by atoms with Crippen LogP contribution in [0.1, 0.15) is 36.1 Å². The van der Waals surface area contributed by atoms with Crippen molar-refractivity contribution in [2.45, 2.75) is 32.2 Å². The summed E-state index contributed by atoms with van der Waals surface area (Å²) in [6, 6.07) is 17.3. The van der Waals surface area contributed by atoms with Crippen molar-refractivity contribution in [3.05, 3.63) is 65.2 Å². The molecule has 110 valence electrons. The second-order valence-corrected chi connectivity index (χ2v) is 5.62. The molecule has 0 saturated carbocycles. The number of fused-ring (bicyclic) bond motifs is 1. The molecule has 0 radical (unpaired) electrons. The highest BCUT2D eigenvalue weighted by Crippen LogP contribution is 2.26. The van der Waals surface area contributed by atoms with Crippen LogP contribution in [0.15, 0.2) is 48.5 Å². The molecule has 0 heterocycles. The van der Waals surface area contributed by atoms with Gasteiger partial charge < -0.3 is 10.1 Å². The fourth-order valence-corrected chi connectivity index (χ4v) is 3.02. The van der Waals surface area contributed by atoms with Crippen LogP contribution in [0.25, 0.3) is 0 Å². The zero-order chi connectivity index (χ0) is 14.5. The molecule has 0 spiro atoms. The third-order valence-electron chi connectivity index (χ3n) is 4.14. The first-order valence-corrected chi connectivity index (χ1v) is 7.89. The monoisotopic (exact) mass is 281 g/mol. The Morgan fingerprint density at radius 2 is 1.86 bits per heavy atom. The van der Waals surface area contributed by atoms with Gasteiger partial charge in [-0.1, -0.05) is 43.3 Å². The van der Waals surface area contributed by atoms with Crippen molar-refractivity contribution in [2.24, 2.45) is 0 Å². The predicted octanol–water partition coefficient (Wildman–Crippen LogP) is 3.90. The number of hydrogen-bond donors (Lipinski definition) is 1. The summed E-state index contributed by atoms with van der Waals surface area (Å²) in [6.45, 7) is 3.73. The summed E-state index contributed by atoms with van der Waals surface area (Å²) < 4.78 is 6.04. The molecular formula is C19H23NO. The predicted molar refractivity (Wildman–Crippen MR) is 86.8 cm³/mol. The van der Waals surface area contributed by atoms with Crippen LogP contribution in [-0.2, 0) is 12.8 Å². The number of rotatable bonds is 6. The number of hydrogen-bond acceptors (Lipinski definition) is 2. The maximum absolute atomic E-state index is 6.04. The summed E-state index contributed by atoms with van der Waals surface area (Å²) in [4.78, 5) is 0. The van der Waals surface area contributed by atoms with Gasteiger partial charge in [0.2, 0.25) is 0 Å². The first-order valence-electron chi connectivity index (χ1n) is 7.89. The van der Waals surface area contributed by atoms with Gasteiger partial charge >= 0.3 is 0 Å². The lowest BCUT2D eigenvalue weighted by Crippen LogP contribution is -2.26. The Balaban J connectivity index is 1.67. The molecule has 2 aromatic carbocycles. The lowest BCUT2D eigenvalue weighted by molar-refractivity contribution is 0.268. The average molecular weight is 281 g/mol. The van der Waals surface area contributed by atoms with Gasteiger partial charge in [-0.3, -0.25) is 0 Å². The summed E-state index contributed by atoms with van der Waals surface area (Å²) in [5.74, 6) is 0.995. The lowest BCUT2D eigenvalue weighted by atomic mass is 10.1. The lowest BCUT2D eigenvalue weighted by Gasteiger charge is -2.19. The number of likely N-dealkylation sites (N-methyl/N-ethyl adjacent to an activating group) is 1. The van der Waals surface area contributed by atoms with E-state index in [1.807, 2.05) is 6.07 Å². The van der Waals surface area contributed by atoms with E-state index >= 15 is 0 Å². The minimum Gasteiger partial charge on any atom is -0.492 e. The Kier molecular flexibility index (Phi) is 4.56. The topological polar surface area (TPSA) is 21.3 Å². The van der Waals surface area contributed by atoms with E-state index in [9.17, 15) is 0 Å². The van der Waals surface area contributed by atoms with E-state index < -0.39 is 0 Å². The smallest absolute Gasteiger partial charge is 0.119 e. The van der Waals surface area contributed by atoms with Gasteiger partial charge in [0.15, 0.2) is 0 Å². The summed E-state index contributed by atoms with van der Waals surface area (Å²) >= 11 is 0. The first kappa shape index (κ1) is 14.2. The highest BCUT2D eigenvalue weighted by atomic mass is 16.5. The van der Waals surface area contributed by atoms with Gasteiger partial charge in [-0.2, -0.15) is 0 Å². The minimum atomic E-state index is 0.240. The van der Waals surface area contributed by atoms with Gasteiger partial charge in [0, 0.05) is 0 Å². The van der Waals surface area contributed by atoms with Gasteiger partial charge in [-0.05, 0) is 54.6 Å². The van der Waals surface area contributed by atoms with Crippen molar-refractivity contribution in [1.82, 2.24) is 5.32 Å². The van der Waals surface area contributed by atoms with Crippen LogP contribution in [0.3, 0.4) is 0 Å². The van der Waals surface area contributed by atoms with E-state index in [0.717, 1.165) is 12.3 Å². The second-order valence-electron chi connectivity index (χ2n) is 5.62. The fourth-order valence-electron chi connectivity index (χ4n) is 3.02. The number of ether oxygens (including phenoxy) is 1. The maximum Gasteiger partial charge on any atom is 0.119 e. The van der Waals surface area contributed by atoms with Crippen LogP contribution in [0.5, 0.6) is 5.75 Å². The van der Waals surface area contributed by atoms with Crippen LogP contribution >= 0.6 is 0 Å². The van der Waals surface area contributed by atoms with E-state index in [-0.39, 0.29) is 6.04 Å². The van der Waals surface area contributed by atoms with Gasteiger partial charge in [-0.15, -0.1) is 0 Å². The molecular weight excluding hydrogens is 258 g/mol. The normalized spacial score (nSPS) is 14.7. The first-order chi connectivity index (χ1) is 10.4. The maximum atomic E-state index is 6.04. The Hall–Kier alpha value is -1.80. The van der Waals surface area contributed by atoms with Gasteiger partial charge in [-0.25, -0.2) is 0 Å². The molecule has 3 rings (SSSR count). The summed E-state index contributed by atoms with van der Waals surface area (Å²) in [5, 5.41) is 3.50. The molecule has 21 heavy (non-hydrogen) atoms. The van der Waals surface area contributed by atoms with Crippen LogP contribution < -0.4 is 10.1 Å². The van der Waals surface area contributed by atoms with E-state index in [2.05, 4.69) is 54.7 Å². The summed E-state index contributed by atoms with van der Waals surface area (Å²) in [5.41, 5.74) is 4.24. The third-order valence-corrected chi connectivity index (χ3v) is 4.14. The Bertz CT molecular complexity index is 579. The van der Waals surface area contributed by atoms with E-state index in [1.54, 1.807) is 0 Å². The van der Waals surface area contributed by atoms with Crippen molar-refractivity contribution >= 4 is 0 Å². The van der Waals surface area contributed by atoms with Crippen LogP contribution in [0, 0.1) is 0 Å². The third kappa shape index (κ3) is 3.45. The number of nitrogens with one attached hydrogen (secondary N) is 1. The second kappa shape index (κ2) is 6.77. The van der Waals surface area contributed by atoms with E-state index in [1.165, 1.54) is 36.0 Å². The van der Waals surface area contributed by atoms with Crippen LogP contribution in [0.2, 0.25) is 0 Å². The Morgan fingerprint density at radius 1 is 1.05 bits per heavy atom. The average Bonchev–Trinajstić information content (AvgIpc) is 3.00. The number of aryl methyl sites for hydroxylation is 2. The van der Waals surface area contributed by atoms with Crippen molar-refractivity contribution in [2.75, 3.05) is 13.2 Å². The molecule has 0 aromatic heterocycles. The fraction of sp³-hybridized carbons (Fsp3) is 0.368. The molecule has 1 N–H and O–H groups in total. The van der Waals surface area contributed by atoms with Crippen LogP contribution in [0.4, 0.5) is 0 Å². The van der Waals surface area contributed by atoms with Crippen molar-refractivity contribution in [3.8, 4) is 5.75 Å². The molecule has 2 aromatic rings. The van der Waals surface area contributed by atoms with Gasteiger partial charge in [0.25, 0.3) is 0 Å². The molecule has 0 fully saturated rings. The molecule has 0 aliphatic heterocycles. The van der Waals surface area contributed by atoms with E-state index in [0.29, 0.717) is 6.61 Å². The molecule has 1 atom stereocenters. The SMILES string of the molecule is CCNC(COc1ccc2c(c1)CCC2)c1ccccc1. The zero-order valence-electron chi connectivity index (χ0n) is 12.6. The van der Waals surface area contributed by atoms with Crippen molar-refractivity contribution in [3.63, 3.8) is 0 Å². The van der Waals surface area contributed by atoms with Gasteiger partial charge in [0.05, 0.1) is 6.04 Å². The Morgan fingerprint density at radius 3 is 2.67 bits per heavy atom. The Labute approximate surface area is 127 Å². The molecule has 0 bridgehead atoms. The largest absolute Gasteiger partial charge is 0.492 e. The van der Waals surface area contributed by atoms with Crippen molar-refractivity contribution in [1.29, 1.82) is 0 Å². The molecule has 1 aliphatic carbocycles. The highest BCUT2D eigenvalue weighted by Gasteiger charge is 2.13. The van der Waals surface area contributed by atoms with Crippen molar-refractivity contribution < 1.29 is 4.74 Å². The minimum absolute atomic E-state index is 0.240. The molecule has 0 amide bonds. The van der Waals surface area contributed by atoms with Crippen LogP contribution in [-0.4, -0.2) is 13.2 Å². The zero-order valence-corrected chi connectivity index (χ0v) is 12.6. The molecule has 0 saturated heterocycles. The molecule has 1 unspecified atom stereocenters. The quantitative estimate of drug-likeness (QED) is 0.867. The number of benzene rings is 2. The standard InChI is InChI=1S/C19H23NO/c1-2-20-19(16-7-4-3-5-8-16)14-21-18-12-11-15-9-6-10-17(15)13-18/h3-5,7-8,11-13,19-20H,2,6,9-10,14H2,1H3.